The number of aromatic nitrogens is 3. The van der Waals surface area contributed by atoms with Crippen LogP contribution in [0.25, 0.3) is 5.69 Å². The first-order valence-corrected chi connectivity index (χ1v) is 11.7. The number of carbonyl (C=O) groups is 1. The summed E-state index contributed by atoms with van der Waals surface area (Å²) < 4.78 is 1.80. The van der Waals surface area contributed by atoms with E-state index in [9.17, 15) is 4.79 Å². The third kappa shape index (κ3) is 4.92. The van der Waals surface area contributed by atoms with E-state index < -0.39 is 0 Å². The molecule has 0 atom stereocenters. The summed E-state index contributed by atoms with van der Waals surface area (Å²) >= 11 is 12.2. The molecule has 1 aromatic carbocycles. The van der Waals surface area contributed by atoms with E-state index in [1.54, 1.807) is 16.8 Å². The van der Waals surface area contributed by atoms with Crippen LogP contribution in [0.4, 0.5) is 5.82 Å². The highest BCUT2D eigenvalue weighted by atomic mass is 35.5. The number of anilines is 1. The van der Waals surface area contributed by atoms with Gasteiger partial charge >= 0.3 is 0 Å². The van der Waals surface area contributed by atoms with Gasteiger partial charge in [0.2, 0.25) is 5.91 Å². The molecular formula is C24H27Cl2N5O. The Kier molecular flexibility index (Phi) is 7.01. The number of nitrogens with zero attached hydrogens (tertiary/aromatic N) is 4. The number of aryl methyl sites for hydroxylation is 1. The third-order valence-electron chi connectivity index (χ3n) is 5.93. The van der Waals surface area contributed by atoms with E-state index in [0.717, 1.165) is 47.1 Å². The van der Waals surface area contributed by atoms with Gasteiger partial charge in [-0.2, -0.15) is 5.10 Å². The minimum atomic E-state index is -0.0432. The van der Waals surface area contributed by atoms with E-state index in [0.29, 0.717) is 16.6 Å². The molecule has 8 heteroatoms. The first-order chi connectivity index (χ1) is 15.4. The van der Waals surface area contributed by atoms with Crippen molar-refractivity contribution in [3.63, 3.8) is 0 Å². The Hall–Kier alpha value is -2.57. The maximum atomic E-state index is 12.8. The summed E-state index contributed by atoms with van der Waals surface area (Å²) in [7, 11) is 0. The van der Waals surface area contributed by atoms with Gasteiger partial charge in [0.15, 0.2) is 0 Å². The van der Waals surface area contributed by atoms with Gasteiger partial charge in [-0.05, 0) is 57.4 Å². The average molecular weight is 472 g/mol. The molecule has 168 valence electrons. The summed E-state index contributed by atoms with van der Waals surface area (Å²) in [4.78, 5) is 19.7. The van der Waals surface area contributed by atoms with Crippen molar-refractivity contribution >= 4 is 34.9 Å². The Balaban J connectivity index is 1.45. The van der Waals surface area contributed by atoms with Gasteiger partial charge in [-0.1, -0.05) is 29.3 Å². The molecule has 3 heterocycles. The van der Waals surface area contributed by atoms with Crippen molar-refractivity contribution < 1.29 is 4.79 Å². The summed E-state index contributed by atoms with van der Waals surface area (Å²) in [5, 5.41) is 8.65. The molecule has 4 rings (SSSR count). The van der Waals surface area contributed by atoms with Gasteiger partial charge in [-0.25, -0.2) is 9.67 Å². The molecule has 0 radical (unpaired) electrons. The lowest BCUT2D eigenvalue weighted by molar-refractivity contribution is -0.120. The van der Waals surface area contributed by atoms with Crippen LogP contribution < -0.4 is 10.2 Å². The standard InChI is InChI=1S/C24H27Cl2N5O/c1-16-20(17(2)31(29-16)19-8-9-21(25)22(26)13-19)14-23(32)28-15-18-7-6-10-27-24(18)30-11-4-3-5-12-30/h6-10,13H,3-5,11-12,14-15H2,1-2H3,(H,28,32). The number of rotatable bonds is 6. The van der Waals surface area contributed by atoms with Gasteiger partial charge in [0.1, 0.15) is 5.82 Å². The van der Waals surface area contributed by atoms with Crippen LogP contribution in [0.5, 0.6) is 0 Å². The number of piperidine rings is 1. The average Bonchev–Trinajstić information content (AvgIpc) is 3.08. The van der Waals surface area contributed by atoms with Crippen molar-refractivity contribution in [1.82, 2.24) is 20.1 Å². The normalized spacial score (nSPS) is 13.9. The maximum absolute atomic E-state index is 12.8. The number of carbonyl (C=O) groups excluding carboxylic acids is 1. The predicted molar refractivity (Wildman–Crippen MR) is 129 cm³/mol. The number of amides is 1. The smallest absolute Gasteiger partial charge is 0.224 e. The Bertz CT molecular complexity index is 1120. The Morgan fingerprint density at radius 2 is 1.88 bits per heavy atom. The molecule has 2 aromatic heterocycles. The number of hydrogen-bond acceptors (Lipinski definition) is 4. The van der Waals surface area contributed by atoms with Crippen LogP contribution in [0.1, 0.15) is 41.8 Å². The first-order valence-electron chi connectivity index (χ1n) is 10.9. The quantitative estimate of drug-likeness (QED) is 0.546. The molecule has 0 spiro atoms. The van der Waals surface area contributed by atoms with E-state index >= 15 is 0 Å². The molecule has 3 aromatic rings. The van der Waals surface area contributed by atoms with Gasteiger partial charge in [0.25, 0.3) is 0 Å². The van der Waals surface area contributed by atoms with Crippen LogP contribution in [-0.4, -0.2) is 33.8 Å². The van der Waals surface area contributed by atoms with Crippen LogP contribution in [-0.2, 0) is 17.8 Å². The summed E-state index contributed by atoms with van der Waals surface area (Å²) in [6.45, 7) is 6.37. The van der Waals surface area contributed by atoms with Crippen LogP contribution >= 0.6 is 23.2 Å². The van der Waals surface area contributed by atoms with Gasteiger partial charge in [0, 0.05) is 42.7 Å². The fourth-order valence-corrected chi connectivity index (χ4v) is 4.47. The van der Waals surface area contributed by atoms with Crippen LogP contribution in [0, 0.1) is 13.8 Å². The molecule has 1 N–H and O–H groups in total. The Morgan fingerprint density at radius 1 is 1.09 bits per heavy atom. The molecule has 0 saturated carbocycles. The lowest BCUT2D eigenvalue weighted by Gasteiger charge is -2.29. The van der Waals surface area contributed by atoms with E-state index in [1.807, 2.05) is 38.2 Å². The summed E-state index contributed by atoms with van der Waals surface area (Å²) in [6, 6.07) is 9.34. The van der Waals surface area contributed by atoms with Crippen LogP contribution in [0.2, 0.25) is 10.0 Å². The third-order valence-corrected chi connectivity index (χ3v) is 6.66. The molecule has 1 amide bonds. The number of hydrogen-bond donors (Lipinski definition) is 1. The van der Waals surface area contributed by atoms with Crippen molar-refractivity contribution in [3.05, 3.63) is 69.1 Å². The lowest BCUT2D eigenvalue weighted by Crippen LogP contribution is -2.32. The Morgan fingerprint density at radius 3 is 2.62 bits per heavy atom. The molecule has 0 unspecified atom stereocenters. The second-order valence-corrected chi connectivity index (χ2v) is 8.96. The molecule has 6 nitrogen and oxygen atoms in total. The molecule has 0 bridgehead atoms. The second-order valence-electron chi connectivity index (χ2n) is 8.15. The highest BCUT2D eigenvalue weighted by Crippen LogP contribution is 2.26. The number of nitrogens with one attached hydrogen (secondary N) is 1. The Labute approximate surface area is 198 Å². The zero-order valence-electron chi connectivity index (χ0n) is 18.4. The van der Waals surface area contributed by atoms with E-state index in [-0.39, 0.29) is 12.3 Å². The molecule has 32 heavy (non-hydrogen) atoms. The van der Waals surface area contributed by atoms with E-state index in [1.165, 1.54) is 19.3 Å². The molecule has 0 aliphatic carbocycles. The van der Waals surface area contributed by atoms with Gasteiger partial charge < -0.3 is 10.2 Å². The number of pyridine rings is 1. The van der Waals surface area contributed by atoms with Crippen molar-refractivity contribution in [3.8, 4) is 5.69 Å². The van der Waals surface area contributed by atoms with E-state index in [4.69, 9.17) is 23.2 Å². The van der Waals surface area contributed by atoms with E-state index in [2.05, 4.69) is 20.3 Å². The SMILES string of the molecule is Cc1nn(-c2ccc(Cl)c(Cl)c2)c(C)c1CC(=O)NCc1cccnc1N1CCCCC1. The fourth-order valence-electron chi connectivity index (χ4n) is 4.17. The molecule has 1 fully saturated rings. The molecule has 1 saturated heterocycles. The van der Waals surface area contributed by atoms with Crippen LogP contribution in [0.3, 0.4) is 0 Å². The molecule has 1 aliphatic rings. The van der Waals surface area contributed by atoms with Crippen molar-refractivity contribution in [1.29, 1.82) is 0 Å². The number of benzene rings is 1. The second kappa shape index (κ2) is 9.92. The maximum Gasteiger partial charge on any atom is 0.224 e. The first kappa shape index (κ1) is 22.6. The largest absolute Gasteiger partial charge is 0.356 e. The van der Waals surface area contributed by atoms with Crippen molar-refractivity contribution in [2.24, 2.45) is 0 Å². The highest BCUT2D eigenvalue weighted by Gasteiger charge is 2.18. The van der Waals surface area contributed by atoms with Crippen molar-refractivity contribution in [2.75, 3.05) is 18.0 Å². The summed E-state index contributed by atoms with van der Waals surface area (Å²) in [5.74, 6) is 0.936. The number of halogens is 2. The lowest BCUT2D eigenvalue weighted by atomic mass is 10.1. The van der Waals surface area contributed by atoms with Gasteiger partial charge in [0.05, 0.1) is 27.8 Å². The monoisotopic (exact) mass is 471 g/mol. The van der Waals surface area contributed by atoms with Crippen molar-refractivity contribution in [2.45, 2.75) is 46.1 Å². The minimum absolute atomic E-state index is 0.0432. The minimum Gasteiger partial charge on any atom is -0.356 e. The van der Waals surface area contributed by atoms with Gasteiger partial charge in [-0.3, -0.25) is 4.79 Å². The molecule has 1 aliphatic heterocycles. The predicted octanol–water partition coefficient (Wildman–Crippen LogP) is 5.04. The molecular weight excluding hydrogens is 445 g/mol. The summed E-state index contributed by atoms with van der Waals surface area (Å²) in [5.41, 5.74) is 4.50. The zero-order valence-corrected chi connectivity index (χ0v) is 19.9. The zero-order chi connectivity index (χ0) is 22.7. The summed E-state index contributed by atoms with van der Waals surface area (Å²) in [6.07, 6.45) is 5.72. The topological polar surface area (TPSA) is 63.1 Å². The van der Waals surface area contributed by atoms with Gasteiger partial charge in [-0.15, -0.1) is 0 Å². The highest BCUT2D eigenvalue weighted by molar-refractivity contribution is 6.42. The fraction of sp³-hybridized carbons (Fsp3) is 0.375. The van der Waals surface area contributed by atoms with Crippen LogP contribution in [0.15, 0.2) is 36.5 Å².